The molecule has 1 aromatic carbocycles. The summed E-state index contributed by atoms with van der Waals surface area (Å²) in [4.78, 5) is 34.5. The van der Waals surface area contributed by atoms with Gasteiger partial charge in [0, 0.05) is 37.8 Å². The van der Waals surface area contributed by atoms with Gasteiger partial charge in [0.1, 0.15) is 5.69 Å². The second kappa shape index (κ2) is 9.75. The first-order valence-corrected chi connectivity index (χ1v) is 9.93. The monoisotopic (exact) mass is 394 g/mol. The molecule has 0 saturated carbocycles. The number of likely N-dealkylation sites (N-methyl/N-ethyl adjacent to an activating group) is 1. The Hall–Kier alpha value is -3.06. The molecular formula is C21H22N4O2S. The quantitative estimate of drug-likeness (QED) is 0.635. The molecule has 0 spiro atoms. The number of hydrogen-bond donors (Lipinski definition) is 1. The molecule has 0 radical (unpaired) electrons. The minimum absolute atomic E-state index is 0.108. The minimum Gasteiger partial charge on any atom is -0.340 e. The van der Waals surface area contributed by atoms with Crippen molar-refractivity contribution in [3.8, 4) is 0 Å². The molecule has 3 rings (SSSR count). The van der Waals surface area contributed by atoms with Crippen molar-refractivity contribution in [1.82, 2.24) is 14.9 Å². The van der Waals surface area contributed by atoms with Gasteiger partial charge in [0.2, 0.25) is 5.91 Å². The number of rotatable bonds is 8. The van der Waals surface area contributed by atoms with Crippen LogP contribution >= 0.6 is 11.3 Å². The SMILES string of the molecule is CN(CCc1ccncc1)C(=O)c1csc(NC(=O)CCc2ccccc2)n1. The summed E-state index contributed by atoms with van der Waals surface area (Å²) in [6.07, 6.45) is 5.27. The normalized spacial score (nSPS) is 10.5. The molecule has 144 valence electrons. The maximum atomic E-state index is 12.5. The van der Waals surface area contributed by atoms with Crippen LogP contribution in [0.5, 0.6) is 0 Å². The molecule has 2 aromatic heterocycles. The number of carbonyl (C=O) groups is 2. The van der Waals surface area contributed by atoms with Gasteiger partial charge >= 0.3 is 0 Å². The van der Waals surface area contributed by atoms with Crippen molar-refractivity contribution in [2.45, 2.75) is 19.3 Å². The van der Waals surface area contributed by atoms with E-state index in [1.165, 1.54) is 11.3 Å². The van der Waals surface area contributed by atoms with Crippen molar-refractivity contribution in [2.24, 2.45) is 0 Å². The summed E-state index contributed by atoms with van der Waals surface area (Å²) in [7, 11) is 1.75. The van der Waals surface area contributed by atoms with Gasteiger partial charge in [0.05, 0.1) is 0 Å². The number of amides is 2. The largest absolute Gasteiger partial charge is 0.340 e. The number of benzene rings is 1. The summed E-state index contributed by atoms with van der Waals surface area (Å²) in [6, 6.07) is 13.7. The topological polar surface area (TPSA) is 75.2 Å². The highest BCUT2D eigenvalue weighted by Gasteiger charge is 2.16. The highest BCUT2D eigenvalue weighted by molar-refractivity contribution is 7.14. The average Bonchev–Trinajstić information content (AvgIpc) is 3.20. The Bertz CT molecular complexity index is 912. The van der Waals surface area contributed by atoms with Crippen LogP contribution in [0.3, 0.4) is 0 Å². The first-order chi connectivity index (χ1) is 13.6. The molecule has 7 heteroatoms. The van der Waals surface area contributed by atoms with Crippen LogP contribution in [0.1, 0.15) is 28.0 Å². The smallest absolute Gasteiger partial charge is 0.273 e. The van der Waals surface area contributed by atoms with Crippen molar-refractivity contribution in [2.75, 3.05) is 18.9 Å². The van der Waals surface area contributed by atoms with Gasteiger partial charge in [0.15, 0.2) is 5.13 Å². The molecule has 28 heavy (non-hydrogen) atoms. The lowest BCUT2D eigenvalue weighted by atomic mass is 10.1. The van der Waals surface area contributed by atoms with E-state index in [2.05, 4.69) is 15.3 Å². The number of nitrogens with zero attached hydrogens (tertiary/aromatic N) is 3. The third-order valence-corrected chi connectivity index (χ3v) is 5.04. The van der Waals surface area contributed by atoms with E-state index in [-0.39, 0.29) is 11.8 Å². The van der Waals surface area contributed by atoms with Gasteiger partial charge in [-0.15, -0.1) is 11.3 Å². The molecule has 0 aliphatic rings. The number of anilines is 1. The maximum absolute atomic E-state index is 12.5. The van der Waals surface area contributed by atoms with Gasteiger partial charge in [0.25, 0.3) is 5.91 Å². The molecule has 2 heterocycles. The van der Waals surface area contributed by atoms with Crippen LogP contribution in [0.2, 0.25) is 0 Å². The zero-order chi connectivity index (χ0) is 19.8. The number of aromatic nitrogens is 2. The second-order valence-corrected chi connectivity index (χ2v) is 7.26. The van der Waals surface area contributed by atoms with E-state index in [9.17, 15) is 9.59 Å². The van der Waals surface area contributed by atoms with E-state index in [1.54, 1.807) is 29.7 Å². The Balaban J connectivity index is 1.48. The van der Waals surface area contributed by atoms with Crippen molar-refractivity contribution in [1.29, 1.82) is 0 Å². The van der Waals surface area contributed by atoms with Gasteiger partial charge < -0.3 is 10.2 Å². The Labute approximate surface area is 168 Å². The Kier molecular flexibility index (Phi) is 6.86. The van der Waals surface area contributed by atoms with Gasteiger partial charge in [-0.1, -0.05) is 30.3 Å². The number of aryl methyl sites for hydroxylation is 1. The molecule has 2 amide bonds. The fourth-order valence-electron chi connectivity index (χ4n) is 2.66. The van der Waals surface area contributed by atoms with Crippen LogP contribution in [0.4, 0.5) is 5.13 Å². The molecule has 0 unspecified atom stereocenters. The Morgan fingerprint density at radius 1 is 1.04 bits per heavy atom. The number of thiazole rings is 1. The average molecular weight is 395 g/mol. The highest BCUT2D eigenvalue weighted by Crippen LogP contribution is 2.17. The molecule has 0 aliphatic carbocycles. The summed E-state index contributed by atoms with van der Waals surface area (Å²) in [5.41, 5.74) is 2.59. The van der Waals surface area contributed by atoms with Crippen LogP contribution in [0.15, 0.2) is 60.2 Å². The number of hydrogen-bond acceptors (Lipinski definition) is 5. The van der Waals surface area contributed by atoms with Crippen LogP contribution in [-0.4, -0.2) is 40.3 Å². The van der Waals surface area contributed by atoms with E-state index in [0.29, 0.717) is 30.2 Å². The van der Waals surface area contributed by atoms with Gasteiger partial charge in [-0.25, -0.2) is 4.98 Å². The standard InChI is InChI=1S/C21H22N4O2S/c1-25(14-11-17-9-12-22-13-10-17)20(27)18-15-28-21(23-18)24-19(26)8-7-16-5-3-2-4-6-16/h2-6,9-10,12-13,15H,7-8,11,14H2,1H3,(H,23,24,26). The lowest BCUT2D eigenvalue weighted by molar-refractivity contribution is -0.116. The van der Waals surface area contributed by atoms with Gasteiger partial charge in [-0.2, -0.15) is 0 Å². The Morgan fingerprint density at radius 3 is 2.50 bits per heavy atom. The summed E-state index contributed by atoms with van der Waals surface area (Å²) in [6.45, 7) is 0.582. The van der Waals surface area contributed by atoms with Crippen LogP contribution in [0.25, 0.3) is 0 Å². The maximum Gasteiger partial charge on any atom is 0.273 e. The van der Waals surface area contributed by atoms with Gasteiger partial charge in [-0.05, 0) is 36.1 Å². The lowest BCUT2D eigenvalue weighted by Gasteiger charge is -2.15. The molecule has 3 aromatic rings. The Morgan fingerprint density at radius 2 is 1.75 bits per heavy atom. The van der Waals surface area contributed by atoms with Crippen molar-refractivity contribution in [3.63, 3.8) is 0 Å². The zero-order valence-electron chi connectivity index (χ0n) is 15.7. The van der Waals surface area contributed by atoms with Crippen LogP contribution < -0.4 is 5.32 Å². The summed E-state index contributed by atoms with van der Waals surface area (Å²) in [5.74, 6) is -0.265. The fraction of sp³-hybridized carbons (Fsp3) is 0.238. The van der Waals surface area contributed by atoms with E-state index in [4.69, 9.17) is 0 Å². The van der Waals surface area contributed by atoms with Crippen molar-refractivity contribution >= 4 is 28.3 Å². The van der Waals surface area contributed by atoms with Crippen molar-refractivity contribution < 1.29 is 9.59 Å². The molecule has 0 aliphatic heterocycles. The number of carbonyl (C=O) groups excluding carboxylic acids is 2. The first kappa shape index (κ1) is 19.7. The highest BCUT2D eigenvalue weighted by atomic mass is 32.1. The van der Waals surface area contributed by atoms with Crippen LogP contribution in [0, 0.1) is 0 Å². The molecule has 0 fully saturated rings. The van der Waals surface area contributed by atoms with Crippen LogP contribution in [-0.2, 0) is 17.6 Å². The third-order valence-electron chi connectivity index (χ3n) is 4.29. The predicted molar refractivity (Wildman–Crippen MR) is 110 cm³/mol. The molecule has 0 atom stereocenters. The zero-order valence-corrected chi connectivity index (χ0v) is 16.5. The van der Waals surface area contributed by atoms with E-state index < -0.39 is 0 Å². The molecular weight excluding hydrogens is 372 g/mol. The summed E-state index contributed by atoms with van der Waals surface area (Å²) >= 11 is 1.26. The molecule has 0 saturated heterocycles. The summed E-state index contributed by atoms with van der Waals surface area (Å²) in [5, 5.41) is 4.90. The predicted octanol–water partition coefficient (Wildman–Crippen LogP) is 3.42. The first-order valence-electron chi connectivity index (χ1n) is 9.05. The number of pyridine rings is 1. The van der Waals surface area contributed by atoms with E-state index in [0.717, 1.165) is 17.5 Å². The minimum atomic E-state index is -0.157. The molecule has 0 bridgehead atoms. The van der Waals surface area contributed by atoms with Crippen molar-refractivity contribution in [3.05, 3.63) is 77.1 Å². The second-order valence-electron chi connectivity index (χ2n) is 6.40. The summed E-state index contributed by atoms with van der Waals surface area (Å²) < 4.78 is 0. The lowest BCUT2D eigenvalue weighted by Crippen LogP contribution is -2.29. The third kappa shape index (κ3) is 5.72. The molecule has 1 N–H and O–H groups in total. The molecule has 6 nitrogen and oxygen atoms in total. The number of nitrogens with one attached hydrogen (secondary N) is 1. The van der Waals surface area contributed by atoms with E-state index >= 15 is 0 Å². The van der Waals surface area contributed by atoms with E-state index in [1.807, 2.05) is 42.5 Å². The van der Waals surface area contributed by atoms with Gasteiger partial charge in [-0.3, -0.25) is 14.6 Å². The fourth-order valence-corrected chi connectivity index (χ4v) is 3.36.